The number of hydrogen-bond acceptors (Lipinski definition) is 1. The van der Waals surface area contributed by atoms with Crippen LogP contribution in [0.5, 0.6) is 0 Å². The molecule has 1 fully saturated rings. The van der Waals surface area contributed by atoms with Gasteiger partial charge in [0.25, 0.3) is 5.78 Å². The molecule has 0 aliphatic heterocycles. The molecule has 0 aromatic heterocycles. The molecule has 1 saturated carbocycles. The molecule has 0 amide bonds. The summed E-state index contributed by atoms with van der Waals surface area (Å²) in [6, 6.07) is 0. The van der Waals surface area contributed by atoms with Crippen molar-refractivity contribution < 1.29 is 9.58 Å². The molecule has 0 saturated heterocycles. The van der Waals surface area contributed by atoms with Crippen LogP contribution in [-0.4, -0.2) is 16.8 Å². The lowest BCUT2D eigenvalue weighted by atomic mass is 9.69. The van der Waals surface area contributed by atoms with Crippen LogP contribution in [0.1, 0.15) is 39.0 Å². The van der Waals surface area contributed by atoms with Gasteiger partial charge in [0.1, 0.15) is 0 Å². The molecule has 0 heterocycles. The van der Waals surface area contributed by atoms with E-state index in [4.69, 9.17) is 5.53 Å². The highest BCUT2D eigenvalue weighted by atomic mass is 16.1. The molecule has 3 heteroatoms. The van der Waals surface area contributed by atoms with Gasteiger partial charge in [-0.2, -0.15) is 4.79 Å². The highest BCUT2D eigenvalue weighted by Crippen LogP contribution is 2.42. The molecule has 2 aliphatic rings. The normalized spacial score (nSPS) is 30.2. The van der Waals surface area contributed by atoms with Gasteiger partial charge in [-0.1, -0.05) is 17.2 Å². The van der Waals surface area contributed by atoms with Crippen molar-refractivity contribution in [3.8, 4) is 0 Å². The van der Waals surface area contributed by atoms with E-state index in [1.165, 1.54) is 30.4 Å². The molecular weight excluding hydrogens is 212 g/mol. The van der Waals surface area contributed by atoms with Gasteiger partial charge in [0.05, 0.1) is 0 Å². The van der Waals surface area contributed by atoms with Gasteiger partial charge >= 0.3 is 6.21 Å². The summed E-state index contributed by atoms with van der Waals surface area (Å²) in [7, 11) is 0. The van der Waals surface area contributed by atoms with Crippen LogP contribution in [-0.2, 0) is 4.79 Å². The van der Waals surface area contributed by atoms with E-state index in [1.807, 2.05) is 0 Å². The van der Waals surface area contributed by atoms with Gasteiger partial charge in [-0.05, 0) is 56.9 Å². The standard InChI is InChI=1S/C14H18N2O/c1-10-5-6-14-11(7-10)3-2-4-12(14)8-13(17)9-16-15/h5,8-9,11,14H,2-4,6-7H2,1H3/b12-8+/t11-,14-/m1/s1. The summed E-state index contributed by atoms with van der Waals surface area (Å²) in [5.41, 5.74) is 11.1. The lowest BCUT2D eigenvalue weighted by molar-refractivity contribution is -0.112. The summed E-state index contributed by atoms with van der Waals surface area (Å²) in [4.78, 5) is 14.2. The summed E-state index contributed by atoms with van der Waals surface area (Å²) < 4.78 is 0. The van der Waals surface area contributed by atoms with Gasteiger partial charge in [-0.15, -0.1) is 0 Å². The molecule has 0 radical (unpaired) electrons. The Bertz CT molecular complexity index is 428. The second-order valence-corrected chi connectivity index (χ2v) is 5.12. The number of hydrogen-bond donors (Lipinski definition) is 0. The number of fused-ring (bicyclic) bond motifs is 1. The molecule has 2 rings (SSSR count). The van der Waals surface area contributed by atoms with Gasteiger partial charge in [0, 0.05) is 0 Å². The molecule has 3 nitrogen and oxygen atoms in total. The van der Waals surface area contributed by atoms with Crippen molar-refractivity contribution in [2.45, 2.75) is 39.0 Å². The maximum absolute atomic E-state index is 11.4. The fourth-order valence-corrected chi connectivity index (χ4v) is 3.13. The van der Waals surface area contributed by atoms with Crippen LogP contribution in [0.3, 0.4) is 0 Å². The van der Waals surface area contributed by atoms with Gasteiger partial charge in [-0.25, -0.2) is 0 Å². The second kappa shape index (κ2) is 5.24. The molecule has 0 aromatic carbocycles. The third-order valence-corrected chi connectivity index (χ3v) is 3.90. The van der Waals surface area contributed by atoms with Crippen LogP contribution in [0.25, 0.3) is 5.53 Å². The van der Waals surface area contributed by atoms with E-state index in [0.29, 0.717) is 11.8 Å². The monoisotopic (exact) mass is 230 g/mol. The minimum atomic E-state index is -0.200. The van der Waals surface area contributed by atoms with Crippen molar-refractivity contribution in [3.63, 3.8) is 0 Å². The van der Waals surface area contributed by atoms with Gasteiger partial charge < -0.3 is 5.53 Å². The number of rotatable bonds is 2. The summed E-state index contributed by atoms with van der Waals surface area (Å²) in [6.45, 7) is 2.19. The van der Waals surface area contributed by atoms with E-state index in [0.717, 1.165) is 19.1 Å². The number of nitrogens with zero attached hydrogens (tertiary/aromatic N) is 2. The average molecular weight is 230 g/mol. The molecule has 2 atom stereocenters. The average Bonchev–Trinajstić information content (AvgIpc) is 2.29. The maximum Gasteiger partial charge on any atom is 0.327 e. The highest BCUT2D eigenvalue weighted by molar-refractivity contribution is 6.30. The SMILES string of the molecule is CC1=CC[C@H]2/C(=C/C(=O)C=[N+]=[N-])CCC[C@@H]2C1. The van der Waals surface area contributed by atoms with Crippen molar-refractivity contribution >= 4 is 12.0 Å². The minimum absolute atomic E-state index is 0.200. The number of carbonyl (C=O) groups excluding carboxylic acids is 1. The van der Waals surface area contributed by atoms with Crippen LogP contribution < -0.4 is 0 Å². The lowest BCUT2D eigenvalue weighted by Gasteiger charge is -2.36. The van der Waals surface area contributed by atoms with Crippen LogP contribution in [0.15, 0.2) is 23.3 Å². The third-order valence-electron chi connectivity index (χ3n) is 3.90. The first-order chi connectivity index (χ1) is 8.20. The Balaban J connectivity index is 2.18. The summed E-state index contributed by atoms with van der Waals surface area (Å²) in [5.74, 6) is 1.04. The molecule has 2 aliphatic carbocycles. The van der Waals surface area contributed by atoms with Crippen LogP contribution in [0, 0.1) is 11.8 Å². The van der Waals surface area contributed by atoms with Crippen molar-refractivity contribution in [2.75, 3.05) is 0 Å². The zero-order chi connectivity index (χ0) is 12.3. The molecule has 0 unspecified atom stereocenters. The Kier molecular flexibility index (Phi) is 3.70. The Labute approximate surface area is 102 Å². The highest BCUT2D eigenvalue weighted by Gasteiger charge is 2.30. The van der Waals surface area contributed by atoms with E-state index >= 15 is 0 Å². The first kappa shape index (κ1) is 12.0. The molecule has 0 N–H and O–H groups in total. The molecule has 90 valence electrons. The molecular formula is C14H18N2O. The summed E-state index contributed by atoms with van der Waals surface area (Å²) in [5, 5.41) is 0. The number of ketones is 1. The first-order valence-corrected chi connectivity index (χ1v) is 6.28. The predicted molar refractivity (Wildman–Crippen MR) is 66.6 cm³/mol. The fourth-order valence-electron chi connectivity index (χ4n) is 3.13. The zero-order valence-corrected chi connectivity index (χ0v) is 10.2. The van der Waals surface area contributed by atoms with E-state index in [2.05, 4.69) is 17.8 Å². The van der Waals surface area contributed by atoms with Gasteiger partial charge in [0.2, 0.25) is 0 Å². The van der Waals surface area contributed by atoms with Crippen molar-refractivity contribution in [1.82, 2.24) is 0 Å². The van der Waals surface area contributed by atoms with Gasteiger partial charge in [0.15, 0.2) is 0 Å². The molecule has 0 bridgehead atoms. The number of allylic oxidation sites excluding steroid dienone is 4. The quantitative estimate of drug-likeness (QED) is 0.236. The van der Waals surface area contributed by atoms with E-state index in [9.17, 15) is 4.79 Å². The van der Waals surface area contributed by atoms with E-state index in [1.54, 1.807) is 6.08 Å². The Morgan fingerprint density at radius 1 is 1.59 bits per heavy atom. The third kappa shape index (κ3) is 2.80. The molecule has 0 spiro atoms. The fraction of sp³-hybridized carbons (Fsp3) is 0.571. The molecule has 0 aromatic rings. The molecule has 17 heavy (non-hydrogen) atoms. The van der Waals surface area contributed by atoms with Crippen LogP contribution in [0.4, 0.5) is 0 Å². The minimum Gasteiger partial charge on any atom is -0.361 e. The van der Waals surface area contributed by atoms with Gasteiger partial charge in [-0.3, -0.25) is 4.79 Å². The first-order valence-electron chi connectivity index (χ1n) is 6.28. The van der Waals surface area contributed by atoms with Crippen molar-refractivity contribution in [2.24, 2.45) is 11.8 Å². The maximum atomic E-state index is 11.4. The summed E-state index contributed by atoms with van der Waals surface area (Å²) >= 11 is 0. The topological polar surface area (TPSA) is 53.5 Å². The Morgan fingerprint density at radius 2 is 2.41 bits per heavy atom. The predicted octanol–water partition coefficient (Wildman–Crippen LogP) is 2.94. The number of carbonyl (C=O) groups is 1. The van der Waals surface area contributed by atoms with E-state index < -0.39 is 0 Å². The van der Waals surface area contributed by atoms with E-state index in [-0.39, 0.29) is 5.78 Å². The largest absolute Gasteiger partial charge is 0.361 e. The summed E-state index contributed by atoms with van der Waals surface area (Å²) in [6.07, 6.45) is 10.6. The lowest BCUT2D eigenvalue weighted by Crippen LogP contribution is -2.25. The Morgan fingerprint density at radius 3 is 3.18 bits per heavy atom. The Hall–Kier alpha value is -1.47. The van der Waals surface area contributed by atoms with Crippen molar-refractivity contribution in [3.05, 3.63) is 28.8 Å². The zero-order valence-electron chi connectivity index (χ0n) is 10.2. The van der Waals surface area contributed by atoms with Crippen molar-refractivity contribution in [1.29, 1.82) is 0 Å². The van der Waals surface area contributed by atoms with Crippen LogP contribution >= 0.6 is 0 Å². The van der Waals surface area contributed by atoms with Crippen LogP contribution in [0.2, 0.25) is 0 Å². The smallest absolute Gasteiger partial charge is 0.327 e. The second-order valence-electron chi connectivity index (χ2n) is 5.12.